The first-order chi connectivity index (χ1) is 12.1. The Hall–Kier alpha value is -2.08. The van der Waals surface area contributed by atoms with Crippen molar-refractivity contribution >= 4 is 17.4 Å². The number of urea groups is 1. The Balaban J connectivity index is 1.55. The van der Waals surface area contributed by atoms with Crippen LogP contribution in [0.25, 0.3) is 0 Å². The molecule has 5 nitrogen and oxygen atoms in total. The predicted octanol–water partition coefficient (Wildman–Crippen LogP) is 4.11. The summed E-state index contributed by atoms with van der Waals surface area (Å²) in [7, 11) is 1.81. The monoisotopic (exact) mass is 359 g/mol. The molecule has 2 amide bonds. The number of carbonyl (C=O) groups is 1. The van der Waals surface area contributed by atoms with Gasteiger partial charge in [0, 0.05) is 30.2 Å². The molecule has 1 N–H and O–H groups in total. The summed E-state index contributed by atoms with van der Waals surface area (Å²) >= 11 is 1.68. The van der Waals surface area contributed by atoms with E-state index in [0.717, 1.165) is 18.4 Å². The fraction of sp³-hybridized carbons (Fsp3) is 0.474. The van der Waals surface area contributed by atoms with Crippen LogP contribution in [0.15, 0.2) is 29.8 Å². The van der Waals surface area contributed by atoms with E-state index in [1.807, 2.05) is 19.2 Å². The highest BCUT2D eigenvalue weighted by molar-refractivity contribution is 7.10. The van der Waals surface area contributed by atoms with Gasteiger partial charge in [-0.2, -0.15) is 0 Å². The first-order valence-electron chi connectivity index (χ1n) is 8.76. The van der Waals surface area contributed by atoms with Crippen molar-refractivity contribution in [2.45, 2.75) is 51.8 Å². The molecule has 0 bridgehead atoms. The van der Waals surface area contributed by atoms with Crippen LogP contribution in [0, 0.1) is 6.92 Å². The molecule has 6 heteroatoms. The number of thiophene rings is 1. The number of amides is 2. The predicted molar refractivity (Wildman–Crippen MR) is 99.9 cm³/mol. The molecule has 0 aliphatic heterocycles. The van der Waals surface area contributed by atoms with Gasteiger partial charge in [-0.05, 0) is 55.7 Å². The summed E-state index contributed by atoms with van der Waals surface area (Å²) in [5.74, 6) is 0.645. The number of rotatable bonds is 6. The number of nitrogens with one attached hydrogen (secondary N) is 1. The second kappa shape index (κ2) is 8.34. The third kappa shape index (κ3) is 4.72. The summed E-state index contributed by atoms with van der Waals surface area (Å²) in [6, 6.07) is 5.82. The summed E-state index contributed by atoms with van der Waals surface area (Å²) in [5.41, 5.74) is 2.15. The highest BCUT2D eigenvalue weighted by atomic mass is 32.1. The van der Waals surface area contributed by atoms with Gasteiger partial charge in [0.1, 0.15) is 6.10 Å². The van der Waals surface area contributed by atoms with Gasteiger partial charge in [0.2, 0.25) is 5.88 Å². The average Bonchev–Trinajstić information content (AvgIpc) is 3.26. The van der Waals surface area contributed by atoms with Crippen LogP contribution in [0.4, 0.5) is 4.79 Å². The summed E-state index contributed by atoms with van der Waals surface area (Å²) in [5, 5.41) is 5.02. The zero-order valence-corrected chi connectivity index (χ0v) is 15.6. The van der Waals surface area contributed by atoms with Crippen molar-refractivity contribution in [3.63, 3.8) is 0 Å². The number of carbonyl (C=O) groups excluding carboxylic acids is 1. The van der Waals surface area contributed by atoms with Crippen LogP contribution < -0.4 is 10.1 Å². The van der Waals surface area contributed by atoms with Crippen LogP contribution in [0.5, 0.6) is 5.88 Å². The molecule has 1 saturated carbocycles. The first-order valence-corrected chi connectivity index (χ1v) is 9.64. The second-order valence-electron chi connectivity index (χ2n) is 6.53. The largest absolute Gasteiger partial charge is 0.474 e. The van der Waals surface area contributed by atoms with Crippen molar-refractivity contribution in [3.8, 4) is 5.88 Å². The van der Waals surface area contributed by atoms with E-state index < -0.39 is 0 Å². The molecule has 25 heavy (non-hydrogen) atoms. The molecule has 134 valence electrons. The lowest BCUT2D eigenvalue weighted by Crippen LogP contribution is -2.36. The van der Waals surface area contributed by atoms with E-state index in [1.54, 1.807) is 22.4 Å². The van der Waals surface area contributed by atoms with Gasteiger partial charge in [-0.15, -0.1) is 11.3 Å². The molecular formula is C19H25N3O2S. The minimum atomic E-state index is -0.0940. The number of aromatic nitrogens is 1. The molecule has 3 rings (SSSR count). The summed E-state index contributed by atoms with van der Waals surface area (Å²) < 4.78 is 6.03. The number of hydrogen-bond donors (Lipinski definition) is 1. The lowest BCUT2D eigenvalue weighted by atomic mass is 10.2. The van der Waals surface area contributed by atoms with Crippen LogP contribution >= 0.6 is 11.3 Å². The number of pyridine rings is 1. The number of aryl methyl sites for hydroxylation is 1. The van der Waals surface area contributed by atoms with Crippen molar-refractivity contribution in [1.82, 2.24) is 15.2 Å². The number of hydrogen-bond acceptors (Lipinski definition) is 4. The van der Waals surface area contributed by atoms with E-state index in [4.69, 9.17) is 4.74 Å². The Kier molecular flexibility index (Phi) is 5.91. The smallest absolute Gasteiger partial charge is 0.317 e. The van der Waals surface area contributed by atoms with E-state index in [2.05, 4.69) is 28.7 Å². The Morgan fingerprint density at radius 1 is 1.40 bits per heavy atom. The highest BCUT2D eigenvalue weighted by Gasteiger charge is 2.19. The Bertz CT molecular complexity index is 710. The molecule has 0 radical (unpaired) electrons. The fourth-order valence-corrected chi connectivity index (χ4v) is 3.95. The number of nitrogens with zero attached hydrogens (tertiary/aromatic N) is 2. The molecule has 0 atom stereocenters. The SMILES string of the molecule is Cc1ccsc1CN(C)C(=O)NCc1cccnc1OC1CCCC1. The van der Waals surface area contributed by atoms with E-state index in [0.29, 0.717) is 19.0 Å². The molecule has 2 heterocycles. The van der Waals surface area contributed by atoms with E-state index in [-0.39, 0.29) is 12.1 Å². The molecule has 0 unspecified atom stereocenters. The molecule has 1 aliphatic rings. The van der Waals surface area contributed by atoms with Crippen molar-refractivity contribution in [2.75, 3.05) is 7.05 Å². The van der Waals surface area contributed by atoms with Crippen LogP contribution in [-0.4, -0.2) is 29.1 Å². The second-order valence-corrected chi connectivity index (χ2v) is 7.53. The summed E-state index contributed by atoms with van der Waals surface area (Å²) in [4.78, 5) is 19.6. The van der Waals surface area contributed by atoms with E-state index in [1.165, 1.54) is 23.3 Å². The zero-order chi connectivity index (χ0) is 17.6. The summed E-state index contributed by atoms with van der Waals surface area (Å²) in [6.07, 6.45) is 6.61. The van der Waals surface area contributed by atoms with Gasteiger partial charge in [-0.25, -0.2) is 9.78 Å². The quantitative estimate of drug-likeness (QED) is 0.844. The third-order valence-corrected chi connectivity index (χ3v) is 5.56. The molecule has 0 aromatic carbocycles. The molecule has 2 aromatic rings. The maximum absolute atomic E-state index is 12.4. The van der Waals surface area contributed by atoms with E-state index >= 15 is 0 Å². The van der Waals surface area contributed by atoms with Crippen molar-refractivity contribution in [1.29, 1.82) is 0 Å². The molecular weight excluding hydrogens is 334 g/mol. The Labute approximate surface area is 153 Å². The van der Waals surface area contributed by atoms with Crippen molar-refractivity contribution < 1.29 is 9.53 Å². The van der Waals surface area contributed by atoms with Gasteiger partial charge in [0.25, 0.3) is 0 Å². The minimum Gasteiger partial charge on any atom is -0.474 e. The van der Waals surface area contributed by atoms with Crippen LogP contribution in [0.1, 0.15) is 41.7 Å². The van der Waals surface area contributed by atoms with Gasteiger partial charge in [0.15, 0.2) is 0 Å². The maximum atomic E-state index is 12.4. The molecule has 0 spiro atoms. The molecule has 1 aliphatic carbocycles. The standard InChI is InChI=1S/C19H25N3O2S/c1-14-9-11-25-17(14)13-22(2)19(23)21-12-15-6-5-10-20-18(15)24-16-7-3-4-8-16/h5-6,9-11,16H,3-4,7-8,12-13H2,1-2H3,(H,21,23). The van der Waals surface area contributed by atoms with E-state index in [9.17, 15) is 4.79 Å². The maximum Gasteiger partial charge on any atom is 0.317 e. The molecule has 1 fully saturated rings. The topological polar surface area (TPSA) is 54.5 Å². The number of ether oxygens (including phenoxy) is 1. The lowest BCUT2D eigenvalue weighted by molar-refractivity contribution is 0.197. The normalized spacial score (nSPS) is 14.5. The Morgan fingerprint density at radius 2 is 2.20 bits per heavy atom. The lowest BCUT2D eigenvalue weighted by Gasteiger charge is -2.19. The Morgan fingerprint density at radius 3 is 2.92 bits per heavy atom. The van der Waals surface area contributed by atoms with Crippen LogP contribution in [0.2, 0.25) is 0 Å². The van der Waals surface area contributed by atoms with Gasteiger partial charge < -0.3 is 15.0 Å². The highest BCUT2D eigenvalue weighted by Crippen LogP contribution is 2.25. The van der Waals surface area contributed by atoms with Gasteiger partial charge in [-0.3, -0.25) is 0 Å². The zero-order valence-electron chi connectivity index (χ0n) is 14.8. The molecule has 2 aromatic heterocycles. The summed E-state index contributed by atoms with van der Waals surface area (Å²) in [6.45, 7) is 3.11. The average molecular weight is 359 g/mol. The van der Waals surface area contributed by atoms with Gasteiger partial charge in [0.05, 0.1) is 6.54 Å². The van der Waals surface area contributed by atoms with Gasteiger partial charge in [-0.1, -0.05) is 6.07 Å². The van der Waals surface area contributed by atoms with Crippen molar-refractivity contribution in [3.05, 3.63) is 45.8 Å². The molecule has 0 saturated heterocycles. The fourth-order valence-electron chi connectivity index (χ4n) is 2.99. The first kappa shape index (κ1) is 17.7. The van der Waals surface area contributed by atoms with Gasteiger partial charge >= 0.3 is 6.03 Å². The van der Waals surface area contributed by atoms with Crippen molar-refractivity contribution in [2.24, 2.45) is 0 Å². The van der Waals surface area contributed by atoms with Crippen LogP contribution in [-0.2, 0) is 13.1 Å². The minimum absolute atomic E-state index is 0.0940. The van der Waals surface area contributed by atoms with Crippen LogP contribution in [0.3, 0.4) is 0 Å². The third-order valence-electron chi connectivity index (χ3n) is 4.56.